The van der Waals surface area contributed by atoms with Crippen LogP contribution in [0.25, 0.3) is 0 Å². The second-order valence-corrected chi connectivity index (χ2v) is 7.28. The van der Waals surface area contributed by atoms with Crippen LogP contribution in [0.5, 0.6) is 0 Å². The third kappa shape index (κ3) is 5.71. The van der Waals surface area contributed by atoms with Gasteiger partial charge in [-0.1, -0.05) is 0 Å². The van der Waals surface area contributed by atoms with Crippen LogP contribution in [0.2, 0.25) is 0 Å². The minimum Gasteiger partial charge on any atom is -0.376 e. The van der Waals surface area contributed by atoms with Gasteiger partial charge in [0.1, 0.15) is 12.9 Å². The Kier molecular flexibility index (Phi) is 7.11. The van der Waals surface area contributed by atoms with E-state index in [-0.39, 0.29) is 18.6 Å². The molecule has 2 N–H and O–H groups in total. The van der Waals surface area contributed by atoms with Gasteiger partial charge in [-0.15, -0.1) is 0 Å². The molecule has 0 aromatic carbocycles. The smallest absolute Gasteiger partial charge is 0.252 e. The van der Waals surface area contributed by atoms with Crippen LogP contribution in [0.15, 0.2) is 12.5 Å². The van der Waals surface area contributed by atoms with Gasteiger partial charge in [0.25, 0.3) is 5.91 Å². The van der Waals surface area contributed by atoms with Crippen molar-refractivity contribution in [2.45, 2.75) is 44.6 Å². The topological polar surface area (TPSA) is 108 Å². The maximum atomic E-state index is 12.3. The molecule has 0 saturated carbocycles. The number of carbonyl (C=O) groups excluding carboxylic acids is 2. The Hall–Kier alpha value is -2.06. The summed E-state index contributed by atoms with van der Waals surface area (Å²) in [5.41, 5.74) is 6.46. The molecule has 148 valence electrons. The summed E-state index contributed by atoms with van der Waals surface area (Å²) in [4.78, 5) is 33.7. The van der Waals surface area contributed by atoms with Crippen LogP contribution in [0.1, 0.15) is 48.2 Å². The first kappa shape index (κ1) is 19.7. The molecule has 2 saturated heterocycles. The zero-order chi connectivity index (χ0) is 19.1. The van der Waals surface area contributed by atoms with Crippen molar-refractivity contribution in [1.29, 1.82) is 0 Å². The van der Waals surface area contributed by atoms with Gasteiger partial charge in [0.05, 0.1) is 24.0 Å². The minimum absolute atomic E-state index is 0.0316. The monoisotopic (exact) mass is 376 g/mol. The first-order valence-electron chi connectivity index (χ1n) is 9.69. The van der Waals surface area contributed by atoms with Gasteiger partial charge < -0.3 is 20.1 Å². The molecule has 1 aromatic rings. The van der Waals surface area contributed by atoms with Gasteiger partial charge >= 0.3 is 0 Å². The standard InChI is InChI=1S/C19H28N4O4/c20-19(25)16-10-21-13-22-17(16)9-14-4-6-23(7-5-14)18(24)12-26-11-15-3-1-2-8-27-15/h10,13-15H,1-9,11-12H2,(H2,20,25)/t15-/m0/s1. The predicted octanol–water partition coefficient (Wildman–Crippen LogP) is 0.942. The molecule has 0 aliphatic carbocycles. The highest BCUT2D eigenvalue weighted by atomic mass is 16.5. The number of nitrogens with two attached hydrogens (primary N) is 1. The fraction of sp³-hybridized carbons (Fsp3) is 0.684. The van der Waals surface area contributed by atoms with Gasteiger partial charge in [0.15, 0.2) is 0 Å². The molecule has 8 nitrogen and oxygen atoms in total. The van der Waals surface area contributed by atoms with E-state index in [1.54, 1.807) is 0 Å². The predicted molar refractivity (Wildman–Crippen MR) is 98.0 cm³/mol. The average molecular weight is 376 g/mol. The van der Waals surface area contributed by atoms with Crippen molar-refractivity contribution in [2.75, 3.05) is 32.9 Å². The van der Waals surface area contributed by atoms with Gasteiger partial charge in [0, 0.05) is 25.9 Å². The summed E-state index contributed by atoms with van der Waals surface area (Å²) in [5.74, 6) is -0.0972. The second kappa shape index (κ2) is 9.75. The fourth-order valence-electron chi connectivity index (χ4n) is 3.69. The van der Waals surface area contributed by atoms with Crippen LogP contribution >= 0.6 is 0 Å². The van der Waals surface area contributed by atoms with Gasteiger partial charge in [-0.2, -0.15) is 0 Å². The van der Waals surface area contributed by atoms with E-state index in [1.165, 1.54) is 18.9 Å². The molecule has 0 radical (unpaired) electrons. The molecule has 8 heteroatoms. The first-order chi connectivity index (χ1) is 13.1. The third-order valence-electron chi connectivity index (χ3n) is 5.31. The number of amides is 2. The summed E-state index contributed by atoms with van der Waals surface area (Å²) in [6, 6.07) is 0. The van der Waals surface area contributed by atoms with Crippen LogP contribution in [0.3, 0.4) is 0 Å². The lowest BCUT2D eigenvalue weighted by Gasteiger charge is -2.32. The van der Waals surface area contributed by atoms with Crippen LogP contribution in [-0.4, -0.2) is 65.7 Å². The van der Waals surface area contributed by atoms with E-state index in [4.69, 9.17) is 15.2 Å². The summed E-state index contributed by atoms with van der Waals surface area (Å²) >= 11 is 0. The molecular weight excluding hydrogens is 348 g/mol. The molecular formula is C19H28N4O4. The largest absolute Gasteiger partial charge is 0.376 e. The van der Waals surface area contributed by atoms with E-state index in [0.29, 0.717) is 43.3 Å². The zero-order valence-corrected chi connectivity index (χ0v) is 15.6. The summed E-state index contributed by atoms with van der Waals surface area (Å²) in [7, 11) is 0. The van der Waals surface area contributed by atoms with E-state index < -0.39 is 5.91 Å². The molecule has 3 rings (SSSR count). The highest BCUT2D eigenvalue weighted by Crippen LogP contribution is 2.22. The van der Waals surface area contributed by atoms with Gasteiger partial charge in [-0.3, -0.25) is 9.59 Å². The van der Waals surface area contributed by atoms with Crippen LogP contribution in [0.4, 0.5) is 0 Å². The van der Waals surface area contributed by atoms with Crippen molar-refractivity contribution in [2.24, 2.45) is 11.7 Å². The fourth-order valence-corrected chi connectivity index (χ4v) is 3.69. The number of ether oxygens (including phenoxy) is 2. The third-order valence-corrected chi connectivity index (χ3v) is 5.31. The lowest BCUT2D eigenvalue weighted by molar-refractivity contribution is -0.139. The number of piperidine rings is 1. The van der Waals surface area contributed by atoms with E-state index in [0.717, 1.165) is 32.3 Å². The summed E-state index contributed by atoms with van der Waals surface area (Å²) in [6.07, 6.45) is 8.75. The SMILES string of the molecule is NC(=O)c1cncnc1CC1CCN(C(=O)COC[C@@H]2CCCCO2)CC1. The zero-order valence-electron chi connectivity index (χ0n) is 15.6. The van der Waals surface area contributed by atoms with Crippen molar-refractivity contribution in [3.63, 3.8) is 0 Å². The lowest BCUT2D eigenvalue weighted by Crippen LogP contribution is -2.41. The van der Waals surface area contributed by atoms with E-state index in [1.807, 2.05) is 4.90 Å². The molecule has 2 fully saturated rings. The van der Waals surface area contributed by atoms with E-state index >= 15 is 0 Å². The van der Waals surface area contributed by atoms with Gasteiger partial charge in [-0.05, 0) is 44.4 Å². The molecule has 2 amide bonds. The molecule has 27 heavy (non-hydrogen) atoms. The number of primary amides is 1. The number of likely N-dealkylation sites (tertiary alicyclic amines) is 1. The number of hydrogen-bond acceptors (Lipinski definition) is 6. The van der Waals surface area contributed by atoms with Crippen molar-refractivity contribution < 1.29 is 19.1 Å². The lowest BCUT2D eigenvalue weighted by atomic mass is 9.91. The summed E-state index contributed by atoms with van der Waals surface area (Å²) < 4.78 is 11.2. The Balaban J connectivity index is 1.39. The Morgan fingerprint density at radius 2 is 2.07 bits per heavy atom. The average Bonchev–Trinajstić information content (AvgIpc) is 2.69. The highest BCUT2D eigenvalue weighted by Gasteiger charge is 2.25. The Morgan fingerprint density at radius 3 is 2.78 bits per heavy atom. The van der Waals surface area contributed by atoms with Crippen molar-refractivity contribution in [1.82, 2.24) is 14.9 Å². The quantitative estimate of drug-likeness (QED) is 0.759. The molecule has 2 aliphatic heterocycles. The molecule has 0 unspecified atom stereocenters. The number of carbonyl (C=O) groups is 2. The van der Waals surface area contributed by atoms with Crippen LogP contribution < -0.4 is 5.73 Å². The van der Waals surface area contributed by atoms with E-state index in [2.05, 4.69) is 9.97 Å². The normalized spacial score (nSPS) is 21.2. The molecule has 0 bridgehead atoms. The number of hydrogen-bond donors (Lipinski definition) is 1. The number of nitrogens with zero attached hydrogens (tertiary/aromatic N) is 3. The number of rotatable bonds is 7. The first-order valence-corrected chi connectivity index (χ1v) is 9.69. The Bertz CT molecular complexity index is 640. The van der Waals surface area contributed by atoms with E-state index in [9.17, 15) is 9.59 Å². The minimum atomic E-state index is -0.502. The molecule has 1 atom stereocenters. The summed E-state index contributed by atoms with van der Waals surface area (Å²) in [5, 5.41) is 0. The molecule has 0 spiro atoms. The van der Waals surface area contributed by atoms with Crippen LogP contribution in [0, 0.1) is 5.92 Å². The Morgan fingerprint density at radius 1 is 1.26 bits per heavy atom. The van der Waals surface area contributed by atoms with Gasteiger partial charge in [-0.25, -0.2) is 9.97 Å². The number of aromatic nitrogens is 2. The molecule has 3 heterocycles. The maximum absolute atomic E-state index is 12.3. The highest BCUT2D eigenvalue weighted by molar-refractivity contribution is 5.93. The molecule has 2 aliphatic rings. The van der Waals surface area contributed by atoms with Gasteiger partial charge in [0.2, 0.25) is 5.91 Å². The van der Waals surface area contributed by atoms with Crippen molar-refractivity contribution in [3.05, 3.63) is 23.8 Å². The van der Waals surface area contributed by atoms with Crippen LogP contribution in [-0.2, 0) is 20.7 Å². The molecule has 1 aromatic heterocycles. The maximum Gasteiger partial charge on any atom is 0.252 e. The van der Waals surface area contributed by atoms with Crippen molar-refractivity contribution >= 4 is 11.8 Å². The Labute approximate surface area is 159 Å². The van der Waals surface area contributed by atoms with Crippen molar-refractivity contribution in [3.8, 4) is 0 Å². The summed E-state index contributed by atoms with van der Waals surface area (Å²) in [6.45, 7) is 2.79. The second-order valence-electron chi connectivity index (χ2n) is 7.28.